The summed E-state index contributed by atoms with van der Waals surface area (Å²) in [5.41, 5.74) is 3.65. The summed E-state index contributed by atoms with van der Waals surface area (Å²) in [5.74, 6) is 1.33. The summed E-state index contributed by atoms with van der Waals surface area (Å²) in [5, 5.41) is 8.17. The van der Waals surface area contributed by atoms with E-state index in [4.69, 9.17) is 16.3 Å². The van der Waals surface area contributed by atoms with Crippen LogP contribution in [0, 0.1) is 13.8 Å². The number of anilines is 1. The fraction of sp³-hybridized carbons (Fsp3) is 0.208. The van der Waals surface area contributed by atoms with Crippen molar-refractivity contribution >= 4 is 23.2 Å². The van der Waals surface area contributed by atoms with Crippen LogP contribution in [0.5, 0.6) is 5.75 Å². The first-order chi connectivity index (χ1) is 15.4. The van der Waals surface area contributed by atoms with Crippen molar-refractivity contribution < 1.29 is 9.53 Å². The molecule has 0 aliphatic carbocycles. The number of nitrogens with zero attached hydrogens (tertiary/aromatic N) is 4. The van der Waals surface area contributed by atoms with Crippen LogP contribution >= 0.6 is 11.6 Å². The van der Waals surface area contributed by atoms with Crippen molar-refractivity contribution in [2.24, 2.45) is 7.05 Å². The number of hydrogen-bond donors (Lipinski definition) is 1. The van der Waals surface area contributed by atoms with Gasteiger partial charge < -0.3 is 14.6 Å². The van der Waals surface area contributed by atoms with Crippen molar-refractivity contribution in [3.8, 4) is 5.75 Å². The molecule has 2 aromatic carbocycles. The second kappa shape index (κ2) is 9.28. The van der Waals surface area contributed by atoms with Gasteiger partial charge in [0, 0.05) is 35.8 Å². The van der Waals surface area contributed by atoms with Gasteiger partial charge in [-0.05, 0) is 49.7 Å². The van der Waals surface area contributed by atoms with E-state index in [2.05, 4.69) is 15.4 Å². The molecule has 0 spiro atoms. The van der Waals surface area contributed by atoms with Gasteiger partial charge in [-0.25, -0.2) is 4.98 Å². The molecule has 0 saturated heterocycles. The number of nitrogens with one attached hydrogen (secondary N) is 1. The summed E-state index contributed by atoms with van der Waals surface area (Å²) in [6.07, 6.45) is 3.61. The molecule has 0 atom stereocenters. The number of aromatic nitrogens is 4. The van der Waals surface area contributed by atoms with Crippen LogP contribution in [0.2, 0.25) is 5.02 Å². The Morgan fingerprint density at radius 3 is 2.56 bits per heavy atom. The van der Waals surface area contributed by atoms with E-state index in [9.17, 15) is 4.79 Å². The van der Waals surface area contributed by atoms with Crippen LogP contribution in [0.1, 0.15) is 33.1 Å². The van der Waals surface area contributed by atoms with Gasteiger partial charge in [0.1, 0.15) is 18.2 Å². The smallest absolute Gasteiger partial charge is 0.259 e. The summed E-state index contributed by atoms with van der Waals surface area (Å²) in [6, 6.07) is 14.9. The van der Waals surface area contributed by atoms with Crippen LogP contribution in [0.15, 0.2) is 60.9 Å². The van der Waals surface area contributed by atoms with Gasteiger partial charge in [0.2, 0.25) is 0 Å². The van der Waals surface area contributed by atoms with E-state index in [1.165, 1.54) is 0 Å². The standard InChI is InChI=1S/C24H24ClN5O2/c1-16-23(17(2)30(28-16)14-18-6-4-5-7-21(18)25)24(31)27-19-8-10-20(11-9-19)32-15-22-26-12-13-29(22)3/h4-13H,14-15H2,1-3H3,(H,27,31). The zero-order valence-corrected chi connectivity index (χ0v) is 18.9. The highest BCUT2D eigenvalue weighted by molar-refractivity contribution is 6.31. The fourth-order valence-corrected chi connectivity index (χ4v) is 3.67. The number of aryl methyl sites for hydroxylation is 2. The maximum absolute atomic E-state index is 13.0. The molecule has 0 saturated carbocycles. The second-order valence-corrected chi connectivity index (χ2v) is 7.92. The third-order valence-electron chi connectivity index (χ3n) is 5.29. The largest absolute Gasteiger partial charge is 0.486 e. The molecule has 0 unspecified atom stereocenters. The molecule has 0 radical (unpaired) electrons. The predicted octanol–water partition coefficient (Wildman–Crippen LogP) is 4.77. The molecular formula is C24H24ClN5O2. The van der Waals surface area contributed by atoms with Crippen molar-refractivity contribution in [1.82, 2.24) is 19.3 Å². The van der Waals surface area contributed by atoms with Crippen LogP contribution in [0.3, 0.4) is 0 Å². The predicted molar refractivity (Wildman–Crippen MR) is 124 cm³/mol. The Morgan fingerprint density at radius 1 is 1.12 bits per heavy atom. The number of benzene rings is 2. The van der Waals surface area contributed by atoms with E-state index in [1.54, 1.807) is 10.9 Å². The van der Waals surface area contributed by atoms with Crippen molar-refractivity contribution in [1.29, 1.82) is 0 Å². The minimum Gasteiger partial charge on any atom is -0.486 e. The van der Waals surface area contributed by atoms with Crippen molar-refractivity contribution in [2.75, 3.05) is 5.32 Å². The maximum atomic E-state index is 13.0. The van der Waals surface area contributed by atoms with Crippen molar-refractivity contribution in [3.63, 3.8) is 0 Å². The van der Waals surface area contributed by atoms with Gasteiger partial charge in [-0.2, -0.15) is 5.10 Å². The van der Waals surface area contributed by atoms with Crippen LogP contribution in [-0.4, -0.2) is 25.2 Å². The highest BCUT2D eigenvalue weighted by Crippen LogP contribution is 2.22. The molecular weight excluding hydrogens is 426 g/mol. The molecule has 164 valence electrons. The molecule has 8 heteroatoms. The zero-order chi connectivity index (χ0) is 22.7. The quantitative estimate of drug-likeness (QED) is 0.441. The average molecular weight is 450 g/mol. The number of rotatable bonds is 7. The van der Waals surface area contributed by atoms with E-state index in [1.807, 2.05) is 80.2 Å². The first-order valence-electron chi connectivity index (χ1n) is 10.2. The Hall–Kier alpha value is -3.58. The van der Waals surface area contributed by atoms with E-state index in [-0.39, 0.29) is 5.91 Å². The Labute approximate surface area is 191 Å². The highest BCUT2D eigenvalue weighted by atomic mass is 35.5. The van der Waals surface area contributed by atoms with E-state index >= 15 is 0 Å². The molecule has 4 aromatic rings. The minimum absolute atomic E-state index is 0.202. The normalized spacial score (nSPS) is 10.9. The molecule has 7 nitrogen and oxygen atoms in total. The number of halogens is 1. The van der Waals surface area contributed by atoms with Gasteiger partial charge in [-0.1, -0.05) is 29.8 Å². The van der Waals surface area contributed by atoms with Crippen molar-refractivity contribution in [3.05, 3.63) is 94.3 Å². The molecule has 32 heavy (non-hydrogen) atoms. The minimum atomic E-state index is -0.202. The van der Waals surface area contributed by atoms with Gasteiger partial charge in [-0.3, -0.25) is 9.48 Å². The summed E-state index contributed by atoms with van der Waals surface area (Å²) >= 11 is 6.28. The molecule has 2 aromatic heterocycles. The van der Waals surface area contributed by atoms with Crippen LogP contribution in [0.25, 0.3) is 0 Å². The second-order valence-electron chi connectivity index (χ2n) is 7.52. The number of carbonyl (C=O) groups is 1. The fourth-order valence-electron chi connectivity index (χ4n) is 3.48. The van der Waals surface area contributed by atoms with Crippen LogP contribution in [-0.2, 0) is 20.2 Å². The molecule has 0 aliphatic rings. The molecule has 2 heterocycles. The molecule has 4 rings (SSSR count). The van der Waals surface area contributed by atoms with Crippen molar-refractivity contribution in [2.45, 2.75) is 27.0 Å². The highest BCUT2D eigenvalue weighted by Gasteiger charge is 2.19. The zero-order valence-electron chi connectivity index (χ0n) is 18.2. The Bertz CT molecular complexity index is 1240. The van der Waals surface area contributed by atoms with E-state index in [0.29, 0.717) is 40.9 Å². The lowest BCUT2D eigenvalue weighted by Gasteiger charge is -2.09. The number of carbonyl (C=O) groups excluding carboxylic acids is 1. The number of amides is 1. The Morgan fingerprint density at radius 2 is 1.88 bits per heavy atom. The Kier molecular flexibility index (Phi) is 6.28. The third kappa shape index (κ3) is 4.68. The van der Waals surface area contributed by atoms with E-state index in [0.717, 1.165) is 17.1 Å². The monoisotopic (exact) mass is 449 g/mol. The first-order valence-corrected chi connectivity index (χ1v) is 10.6. The Balaban J connectivity index is 1.43. The van der Waals surface area contributed by atoms with Crippen LogP contribution < -0.4 is 10.1 Å². The van der Waals surface area contributed by atoms with Gasteiger partial charge in [0.25, 0.3) is 5.91 Å². The topological polar surface area (TPSA) is 74.0 Å². The van der Waals surface area contributed by atoms with Crippen LogP contribution in [0.4, 0.5) is 5.69 Å². The van der Waals surface area contributed by atoms with Gasteiger partial charge >= 0.3 is 0 Å². The van der Waals surface area contributed by atoms with Gasteiger partial charge in [-0.15, -0.1) is 0 Å². The average Bonchev–Trinajstić information content (AvgIpc) is 3.31. The van der Waals surface area contributed by atoms with Gasteiger partial charge in [0.05, 0.1) is 17.8 Å². The summed E-state index contributed by atoms with van der Waals surface area (Å²) in [7, 11) is 1.92. The number of ether oxygens (including phenoxy) is 1. The summed E-state index contributed by atoms with van der Waals surface area (Å²) < 4.78 is 9.48. The molecule has 0 bridgehead atoms. The number of imidazole rings is 1. The molecule has 0 aliphatic heterocycles. The first kappa shape index (κ1) is 21.6. The SMILES string of the molecule is Cc1nn(Cc2ccccc2Cl)c(C)c1C(=O)Nc1ccc(OCc2nccn2C)cc1. The number of hydrogen-bond acceptors (Lipinski definition) is 4. The molecule has 1 N–H and O–H groups in total. The maximum Gasteiger partial charge on any atom is 0.259 e. The molecule has 0 fully saturated rings. The van der Waals surface area contributed by atoms with E-state index < -0.39 is 0 Å². The summed E-state index contributed by atoms with van der Waals surface area (Å²) in [6.45, 7) is 4.60. The van der Waals surface area contributed by atoms with Gasteiger partial charge in [0.15, 0.2) is 0 Å². The third-order valence-corrected chi connectivity index (χ3v) is 5.66. The lowest BCUT2D eigenvalue weighted by Crippen LogP contribution is -2.14. The lowest BCUT2D eigenvalue weighted by atomic mass is 10.1. The lowest BCUT2D eigenvalue weighted by molar-refractivity contribution is 0.102. The summed E-state index contributed by atoms with van der Waals surface area (Å²) in [4.78, 5) is 17.2. The molecule has 1 amide bonds.